The molecular weight excluding hydrogens is 457 g/mol. The summed E-state index contributed by atoms with van der Waals surface area (Å²) < 4.78 is 48.0. The molecule has 4 N–H and O–H groups in total. The smallest absolute Gasteiger partial charge is 0.431 e. The first-order chi connectivity index (χ1) is 15.4. The maximum Gasteiger partial charge on any atom is 0.431 e. The zero-order valence-electron chi connectivity index (χ0n) is 18.5. The standard InChI is InChI=1S/C23H26ClF3N4O2/c1-21(2,17-9-15(24)6-13-4-5-33-20(13)17)12-22(32,23(25,26)27)30-10-16-7-14-8-19(28-3)29-11-18(14)31-16/h6-9,11,30-32H,4-5,10,12H2,1-3H3,(H,28,29). The Kier molecular flexibility index (Phi) is 6.01. The highest BCUT2D eigenvalue weighted by atomic mass is 35.5. The molecule has 0 spiro atoms. The third-order valence-corrected chi connectivity index (χ3v) is 6.25. The minimum absolute atomic E-state index is 0.222. The van der Waals surface area contributed by atoms with Gasteiger partial charge in [-0.1, -0.05) is 25.4 Å². The van der Waals surface area contributed by atoms with Gasteiger partial charge < -0.3 is 20.1 Å². The van der Waals surface area contributed by atoms with E-state index in [9.17, 15) is 18.3 Å². The van der Waals surface area contributed by atoms with Crippen LogP contribution in [0.15, 0.2) is 30.5 Å². The predicted octanol–water partition coefficient (Wildman–Crippen LogP) is 4.90. The van der Waals surface area contributed by atoms with Gasteiger partial charge in [0.1, 0.15) is 11.6 Å². The third kappa shape index (κ3) is 4.62. The summed E-state index contributed by atoms with van der Waals surface area (Å²) in [5.41, 5.74) is -1.65. The molecule has 178 valence electrons. The Balaban J connectivity index is 1.60. The molecule has 0 bridgehead atoms. The number of hydrogen-bond donors (Lipinski definition) is 4. The van der Waals surface area contributed by atoms with E-state index in [0.717, 1.165) is 10.9 Å². The normalized spacial score (nSPS) is 15.9. The van der Waals surface area contributed by atoms with Gasteiger partial charge in [0.05, 0.1) is 18.3 Å². The van der Waals surface area contributed by atoms with Crippen molar-refractivity contribution in [3.63, 3.8) is 0 Å². The van der Waals surface area contributed by atoms with Crippen molar-refractivity contribution in [2.75, 3.05) is 19.0 Å². The Morgan fingerprint density at radius 3 is 2.67 bits per heavy atom. The second kappa shape index (κ2) is 8.38. The fourth-order valence-electron chi connectivity index (χ4n) is 4.33. The minimum Gasteiger partial charge on any atom is -0.493 e. The summed E-state index contributed by atoms with van der Waals surface area (Å²) in [5.74, 6) is 1.20. The number of ether oxygens (including phenoxy) is 1. The third-order valence-electron chi connectivity index (χ3n) is 6.03. The van der Waals surface area contributed by atoms with Gasteiger partial charge in [-0.2, -0.15) is 13.2 Å². The molecule has 0 aliphatic carbocycles. The maximum absolute atomic E-state index is 14.1. The molecule has 2 aromatic heterocycles. The first kappa shape index (κ1) is 23.7. The van der Waals surface area contributed by atoms with Gasteiger partial charge >= 0.3 is 6.18 Å². The Labute approximate surface area is 194 Å². The number of rotatable bonds is 7. The van der Waals surface area contributed by atoms with Crippen LogP contribution in [0.1, 0.15) is 37.1 Å². The van der Waals surface area contributed by atoms with Crippen LogP contribution in [-0.4, -0.2) is 40.6 Å². The second-order valence-corrected chi connectivity index (χ2v) is 9.45. The van der Waals surface area contributed by atoms with Gasteiger partial charge in [-0.15, -0.1) is 0 Å². The number of alkyl halides is 3. The van der Waals surface area contributed by atoms with E-state index in [4.69, 9.17) is 16.3 Å². The molecule has 1 unspecified atom stereocenters. The molecule has 0 radical (unpaired) electrons. The van der Waals surface area contributed by atoms with Gasteiger partial charge in [0.15, 0.2) is 0 Å². The summed E-state index contributed by atoms with van der Waals surface area (Å²) >= 11 is 6.23. The number of pyridine rings is 1. The highest BCUT2D eigenvalue weighted by molar-refractivity contribution is 6.30. The molecule has 3 heterocycles. The molecule has 33 heavy (non-hydrogen) atoms. The van der Waals surface area contributed by atoms with Gasteiger partial charge in [-0.25, -0.2) is 4.98 Å². The van der Waals surface area contributed by atoms with E-state index >= 15 is 0 Å². The fraction of sp³-hybridized carbons (Fsp3) is 0.435. The maximum atomic E-state index is 14.1. The van der Waals surface area contributed by atoms with Crippen LogP contribution in [0.25, 0.3) is 10.9 Å². The fourth-order valence-corrected chi connectivity index (χ4v) is 4.58. The molecule has 0 fully saturated rings. The predicted molar refractivity (Wildman–Crippen MR) is 122 cm³/mol. The van der Waals surface area contributed by atoms with Gasteiger partial charge in [-0.3, -0.25) is 5.32 Å². The van der Waals surface area contributed by atoms with E-state index in [1.807, 2.05) is 0 Å². The summed E-state index contributed by atoms with van der Waals surface area (Å²) in [6.07, 6.45) is -3.31. The summed E-state index contributed by atoms with van der Waals surface area (Å²) in [6, 6.07) is 6.90. The molecular formula is C23H26ClF3N4O2. The Hall–Kier alpha value is -2.49. The molecule has 1 aliphatic heterocycles. The van der Waals surface area contributed by atoms with Crippen LogP contribution in [0.2, 0.25) is 5.02 Å². The number of anilines is 1. The summed E-state index contributed by atoms with van der Waals surface area (Å²) in [7, 11) is 1.73. The van der Waals surface area contributed by atoms with Crippen LogP contribution in [0.3, 0.4) is 0 Å². The van der Waals surface area contributed by atoms with E-state index in [1.54, 1.807) is 51.4 Å². The lowest BCUT2D eigenvalue weighted by Crippen LogP contribution is -2.59. The van der Waals surface area contributed by atoms with Crippen LogP contribution in [0.4, 0.5) is 19.0 Å². The van der Waals surface area contributed by atoms with Crippen molar-refractivity contribution < 1.29 is 23.0 Å². The summed E-state index contributed by atoms with van der Waals surface area (Å²) in [5, 5.41) is 17.3. The Morgan fingerprint density at radius 2 is 1.97 bits per heavy atom. The first-order valence-electron chi connectivity index (χ1n) is 10.6. The van der Waals surface area contributed by atoms with E-state index in [-0.39, 0.29) is 6.54 Å². The number of halogens is 4. The number of aliphatic hydroxyl groups is 1. The lowest BCUT2D eigenvalue weighted by molar-refractivity contribution is -0.280. The molecule has 0 saturated heterocycles. The molecule has 1 aliphatic rings. The second-order valence-electron chi connectivity index (χ2n) is 9.01. The molecule has 10 heteroatoms. The average molecular weight is 483 g/mol. The molecule has 1 aromatic carbocycles. The quantitative estimate of drug-likeness (QED) is 0.360. The van der Waals surface area contributed by atoms with E-state index in [1.165, 1.54) is 0 Å². The van der Waals surface area contributed by atoms with Crippen LogP contribution < -0.4 is 15.4 Å². The van der Waals surface area contributed by atoms with Crippen LogP contribution in [0.5, 0.6) is 5.75 Å². The number of nitrogens with one attached hydrogen (secondary N) is 3. The number of nitrogens with zero attached hydrogens (tertiary/aromatic N) is 1. The van der Waals surface area contributed by atoms with Crippen LogP contribution in [0, 0.1) is 0 Å². The lowest BCUT2D eigenvalue weighted by Gasteiger charge is -2.38. The van der Waals surface area contributed by atoms with Crippen molar-refractivity contribution in [3.05, 3.63) is 52.3 Å². The van der Waals surface area contributed by atoms with Crippen molar-refractivity contribution in [1.29, 1.82) is 0 Å². The molecule has 0 saturated carbocycles. The lowest BCUT2D eigenvalue weighted by atomic mass is 9.76. The van der Waals surface area contributed by atoms with Crippen molar-refractivity contribution in [2.45, 2.75) is 50.6 Å². The van der Waals surface area contributed by atoms with Crippen molar-refractivity contribution in [2.24, 2.45) is 0 Å². The van der Waals surface area contributed by atoms with Gasteiger partial charge in [0.25, 0.3) is 0 Å². The summed E-state index contributed by atoms with van der Waals surface area (Å²) in [6.45, 7) is 3.52. The number of benzene rings is 1. The molecule has 4 rings (SSSR count). The Morgan fingerprint density at radius 1 is 1.21 bits per heavy atom. The van der Waals surface area contributed by atoms with Crippen LogP contribution >= 0.6 is 11.6 Å². The summed E-state index contributed by atoms with van der Waals surface area (Å²) in [4.78, 5) is 7.23. The first-order valence-corrected chi connectivity index (χ1v) is 10.9. The number of aromatic nitrogens is 2. The van der Waals surface area contributed by atoms with Crippen molar-refractivity contribution in [3.8, 4) is 5.75 Å². The number of aromatic amines is 1. The largest absolute Gasteiger partial charge is 0.493 e. The average Bonchev–Trinajstić information content (AvgIpc) is 3.36. The van der Waals surface area contributed by atoms with Gasteiger partial charge in [0.2, 0.25) is 5.72 Å². The highest BCUT2D eigenvalue weighted by Gasteiger charge is 2.56. The Bertz CT molecular complexity index is 1180. The number of H-pyrrole nitrogens is 1. The van der Waals surface area contributed by atoms with Gasteiger partial charge in [-0.05, 0) is 35.2 Å². The van der Waals surface area contributed by atoms with E-state index in [0.29, 0.717) is 46.4 Å². The SMILES string of the molecule is CNc1cc2cc(CNC(O)(CC(C)(C)c3cc(Cl)cc4c3OCC4)C(F)(F)F)[nH]c2cn1. The number of fused-ring (bicyclic) bond motifs is 2. The molecule has 1 atom stereocenters. The highest BCUT2D eigenvalue weighted by Crippen LogP contribution is 2.45. The number of hydrogen-bond acceptors (Lipinski definition) is 5. The zero-order valence-corrected chi connectivity index (χ0v) is 19.3. The van der Waals surface area contributed by atoms with E-state index in [2.05, 4.69) is 20.6 Å². The van der Waals surface area contributed by atoms with Gasteiger partial charge in [0, 0.05) is 48.1 Å². The van der Waals surface area contributed by atoms with Crippen molar-refractivity contribution in [1.82, 2.24) is 15.3 Å². The minimum atomic E-state index is -4.92. The molecule has 3 aromatic rings. The van der Waals surface area contributed by atoms with Crippen molar-refractivity contribution >= 4 is 28.3 Å². The van der Waals surface area contributed by atoms with Crippen LogP contribution in [-0.2, 0) is 18.4 Å². The molecule has 6 nitrogen and oxygen atoms in total. The van der Waals surface area contributed by atoms with E-state index < -0.39 is 23.7 Å². The zero-order chi connectivity index (χ0) is 24.0. The molecule has 0 amide bonds. The topological polar surface area (TPSA) is 82.2 Å². The monoisotopic (exact) mass is 482 g/mol.